The van der Waals surface area contributed by atoms with E-state index in [4.69, 9.17) is 0 Å². The van der Waals surface area contributed by atoms with E-state index >= 15 is 0 Å². The van der Waals surface area contributed by atoms with Crippen LogP contribution in [0.25, 0.3) is 0 Å². The van der Waals surface area contributed by atoms with E-state index in [0.717, 1.165) is 11.4 Å². The fraction of sp³-hybridized carbons (Fsp3) is 0.625. The highest BCUT2D eigenvalue weighted by molar-refractivity contribution is 5.79. The number of carboxylic acid groups (broad SMARTS) is 1. The summed E-state index contributed by atoms with van der Waals surface area (Å²) in [7, 11) is 0. The first-order valence-corrected chi connectivity index (χ1v) is 8.05. The maximum absolute atomic E-state index is 12.1. The van der Waals surface area contributed by atoms with Crippen molar-refractivity contribution in [3.8, 4) is 0 Å². The molecular weight excluding hydrogens is 296 g/mol. The molecule has 1 aliphatic carbocycles. The van der Waals surface area contributed by atoms with Gasteiger partial charge in [0.1, 0.15) is 5.82 Å². The van der Waals surface area contributed by atoms with Crippen LogP contribution in [0.4, 0.5) is 4.79 Å². The van der Waals surface area contributed by atoms with Crippen molar-refractivity contribution in [2.45, 2.75) is 38.5 Å². The van der Waals surface area contributed by atoms with E-state index in [2.05, 4.69) is 15.3 Å². The highest BCUT2D eigenvalue weighted by Crippen LogP contribution is 2.37. The first-order chi connectivity index (χ1) is 11.0. The molecule has 124 valence electrons. The Hall–Kier alpha value is -2.18. The minimum atomic E-state index is -0.847. The van der Waals surface area contributed by atoms with Crippen molar-refractivity contribution in [1.29, 1.82) is 0 Å². The second-order valence-electron chi connectivity index (χ2n) is 6.74. The number of nitrogens with one attached hydrogen (secondary N) is 1. The minimum absolute atomic E-state index is 0.203. The average molecular weight is 318 g/mol. The van der Waals surface area contributed by atoms with E-state index in [9.17, 15) is 14.7 Å². The Morgan fingerprint density at radius 2 is 2.09 bits per heavy atom. The molecule has 1 saturated heterocycles. The van der Waals surface area contributed by atoms with E-state index in [1.54, 1.807) is 11.8 Å². The van der Waals surface area contributed by atoms with Crippen LogP contribution in [0.5, 0.6) is 0 Å². The Labute approximate surface area is 135 Å². The lowest BCUT2D eigenvalue weighted by molar-refractivity contribution is -0.146. The summed E-state index contributed by atoms with van der Waals surface area (Å²) < 4.78 is 0. The Kier molecular flexibility index (Phi) is 4.19. The number of carboxylic acids is 1. The number of hydrogen-bond donors (Lipinski definition) is 2. The third-order valence-electron chi connectivity index (χ3n) is 4.63. The molecule has 3 rings (SSSR count). The summed E-state index contributed by atoms with van der Waals surface area (Å²) in [6, 6.07) is -0.203. The average Bonchev–Trinajstić information content (AvgIpc) is 3.30. The lowest BCUT2D eigenvalue weighted by Crippen LogP contribution is -2.41. The van der Waals surface area contributed by atoms with Crippen molar-refractivity contribution < 1.29 is 14.7 Å². The van der Waals surface area contributed by atoms with Gasteiger partial charge in [0, 0.05) is 37.9 Å². The summed E-state index contributed by atoms with van der Waals surface area (Å²) in [5.41, 5.74) is 0.163. The molecule has 2 aliphatic rings. The summed E-state index contributed by atoms with van der Waals surface area (Å²) in [6.07, 6.45) is 7.17. The molecule has 2 heterocycles. The predicted octanol–water partition coefficient (Wildman–Crippen LogP) is 1.40. The first kappa shape index (κ1) is 15.7. The van der Waals surface area contributed by atoms with Crippen molar-refractivity contribution in [2.24, 2.45) is 5.41 Å². The molecule has 23 heavy (non-hydrogen) atoms. The number of urea groups is 1. The number of rotatable bonds is 5. The van der Waals surface area contributed by atoms with Crippen molar-refractivity contribution in [2.75, 3.05) is 19.6 Å². The molecule has 1 saturated carbocycles. The van der Waals surface area contributed by atoms with Crippen LogP contribution in [0, 0.1) is 5.41 Å². The number of nitrogens with zero attached hydrogens (tertiary/aromatic N) is 3. The minimum Gasteiger partial charge on any atom is -0.481 e. The molecule has 7 nitrogen and oxygen atoms in total. The third-order valence-corrected chi connectivity index (χ3v) is 4.63. The summed E-state index contributed by atoms with van der Waals surface area (Å²) >= 11 is 0. The van der Waals surface area contributed by atoms with Gasteiger partial charge in [-0.25, -0.2) is 14.8 Å². The number of carbonyl (C=O) groups is 2. The molecule has 7 heteroatoms. The number of hydrogen-bond acceptors (Lipinski definition) is 4. The molecule has 0 spiro atoms. The Morgan fingerprint density at radius 3 is 2.65 bits per heavy atom. The van der Waals surface area contributed by atoms with E-state index in [0.29, 0.717) is 31.8 Å². The Morgan fingerprint density at radius 1 is 1.39 bits per heavy atom. The molecule has 1 aliphatic heterocycles. The summed E-state index contributed by atoms with van der Waals surface area (Å²) in [4.78, 5) is 33.6. The number of aliphatic carboxylic acids is 1. The molecule has 1 aromatic heterocycles. The van der Waals surface area contributed by atoms with Gasteiger partial charge in [0.05, 0.1) is 5.41 Å². The van der Waals surface area contributed by atoms with Gasteiger partial charge < -0.3 is 15.3 Å². The van der Waals surface area contributed by atoms with Gasteiger partial charge in [0.15, 0.2) is 0 Å². The Balaban J connectivity index is 1.43. The molecule has 0 bridgehead atoms. The lowest BCUT2D eigenvalue weighted by Gasteiger charge is -2.20. The van der Waals surface area contributed by atoms with Crippen LogP contribution in [0.15, 0.2) is 12.4 Å². The molecule has 1 atom stereocenters. The fourth-order valence-corrected chi connectivity index (χ4v) is 2.78. The second kappa shape index (κ2) is 6.14. The van der Waals surface area contributed by atoms with Crippen molar-refractivity contribution in [1.82, 2.24) is 20.2 Å². The van der Waals surface area contributed by atoms with Crippen LogP contribution in [0.3, 0.4) is 0 Å². The van der Waals surface area contributed by atoms with Gasteiger partial charge in [0.25, 0.3) is 0 Å². The lowest BCUT2D eigenvalue weighted by atomic mass is 9.90. The summed E-state index contributed by atoms with van der Waals surface area (Å²) in [6.45, 7) is 2.91. The zero-order valence-corrected chi connectivity index (χ0v) is 13.3. The van der Waals surface area contributed by atoms with Gasteiger partial charge in [-0.05, 0) is 38.2 Å². The Bertz CT molecular complexity index is 600. The zero-order valence-electron chi connectivity index (χ0n) is 13.3. The molecule has 2 N–H and O–H groups in total. The quantitative estimate of drug-likeness (QED) is 0.855. The molecule has 1 unspecified atom stereocenters. The highest BCUT2D eigenvalue weighted by atomic mass is 16.4. The fourth-order valence-electron chi connectivity index (χ4n) is 2.78. The number of aromatic nitrogens is 2. The van der Waals surface area contributed by atoms with Crippen LogP contribution in [-0.4, -0.2) is 51.6 Å². The zero-order chi connectivity index (χ0) is 16.4. The number of carbonyl (C=O) groups excluding carboxylic acids is 1. The predicted molar refractivity (Wildman–Crippen MR) is 83.0 cm³/mol. The van der Waals surface area contributed by atoms with Crippen molar-refractivity contribution in [3.63, 3.8) is 0 Å². The maximum atomic E-state index is 12.1. The molecular formula is C16H22N4O3. The maximum Gasteiger partial charge on any atom is 0.317 e. The topological polar surface area (TPSA) is 95.4 Å². The van der Waals surface area contributed by atoms with Gasteiger partial charge in [-0.3, -0.25) is 4.79 Å². The third kappa shape index (κ3) is 3.60. The van der Waals surface area contributed by atoms with Crippen LogP contribution in [-0.2, 0) is 11.2 Å². The van der Waals surface area contributed by atoms with Crippen LogP contribution >= 0.6 is 0 Å². The van der Waals surface area contributed by atoms with Gasteiger partial charge in [0.2, 0.25) is 0 Å². The van der Waals surface area contributed by atoms with E-state index < -0.39 is 11.4 Å². The van der Waals surface area contributed by atoms with Gasteiger partial charge in [-0.15, -0.1) is 0 Å². The first-order valence-electron chi connectivity index (χ1n) is 8.05. The van der Waals surface area contributed by atoms with Gasteiger partial charge in [-0.2, -0.15) is 0 Å². The van der Waals surface area contributed by atoms with Crippen LogP contribution in [0.2, 0.25) is 0 Å². The molecule has 0 aromatic carbocycles. The molecule has 2 amide bonds. The molecule has 2 fully saturated rings. The number of amides is 2. The van der Waals surface area contributed by atoms with E-state index in [-0.39, 0.29) is 12.6 Å². The standard InChI is InChI=1S/C16H22N4O3/c1-16(14(21)22)5-7-20(10-16)15(23)17-6-4-11-8-18-13(19-9-11)12-2-3-12/h8-9,12H,2-7,10H2,1H3,(H,17,23)(H,21,22). The SMILES string of the molecule is CC1(C(=O)O)CCN(C(=O)NCCc2cnc(C3CC3)nc2)C1. The largest absolute Gasteiger partial charge is 0.481 e. The smallest absolute Gasteiger partial charge is 0.317 e. The van der Waals surface area contributed by atoms with Crippen molar-refractivity contribution >= 4 is 12.0 Å². The number of likely N-dealkylation sites (tertiary alicyclic amines) is 1. The highest BCUT2D eigenvalue weighted by Gasteiger charge is 2.42. The monoisotopic (exact) mass is 318 g/mol. The summed E-state index contributed by atoms with van der Waals surface area (Å²) in [5.74, 6) is 0.617. The van der Waals surface area contributed by atoms with Gasteiger partial charge in [-0.1, -0.05) is 0 Å². The normalized spacial score (nSPS) is 23.8. The van der Waals surface area contributed by atoms with E-state index in [1.807, 2.05) is 12.4 Å². The molecule has 0 radical (unpaired) electrons. The van der Waals surface area contributed by atoms with Crippen molar-refractivity contribution in [3.05, 3.63) is 23.8 Å². The summed E-state index contributed by atoms with van der Waals surface area (Å²) in [5, 5.41) is 12.0. The van der Waals surface area contributed by atoms with Crippen LogP contribution < -0.4 is 5.32 Å². The van der Waals surface area contributed by atoms with E-state index in [1.165, 1.54) is 12.8 Å². The molecule has 1 aromatic rings. The van der Waals surface area contributed by atoms with Gasteiger partial charge >= 0.3 is 12.0 Å². The van der Waals surface area contributed by atoms with Crippen LogP contribution in [0.1, 0.15) is 43.5 Å². The second-order valence-corrected chi connectivity index (χ2v) is 6.74.